The molecular formula is C53H32N4OS. The zero-order valence-corrected chi connectivity index (χ0v) is 32.4. The lowest BCUT2D eigenvalue weighted by atomic mass is 9.71. The minimum Gasteiger partial charge on any atom is -0.436 e. The number of thiophene rings is 1. The number of fused-ring (bicyclic) bond motifs is 7. The minimum atomic E-state index is -0.784. The summed E-state index contributed by atoms with van der Waals surface area (Å²) in [6.07, 6.45) is 0. The lowest BCUT2D eigenvalue weighted by Gasteiger charge is -2.32. The third-order valence-corrected chi connectivity index (χ3v) is 12.8. The molecule has 0 saturated heterocycles. The molecule has 0 atom stereocenters. The fraction of sp³-hybridized carbons (Fsp3) is 0.0189. The van der Waals surface area contributed by atoms with E-state index < -0.39 is 5.41 Å². The van der Waals surface area contributed by atoms with E-state index in [-0.39, 0.29) is 0 Å². The Hall–Kier alpha value is -7.54. The molecule has 59 heavy (non-hydrogen) atoms. The highest BCUT2D eigenvalue weighted by molar-refractivity contribution is 7.26. The summed E-state index contributed by atoms with van der Waals surface area (Å²) >= 11 is 1.79. The molecule has 0 radical (unpaired) electrons. The van der Waals surface area contributed by atoms with Crippen molar-refractivity contribution in [2.75, 3.05) is 0 Å². The lowest BCUT2D eigenvalue weighted by molar-refractivity contribution is 0.620. The van der Waals surface area contributed by atoms with Gasteiger partial charge in [-0.3, -0.25) is 0 Å². The van der Waals surface area contributed by atoms with Crippen LogP contribution in [0.2, 0.25) is 0 Å². The van der Waals surface area contributed by atoms with Crippen molar-refractivity contribution in [1.29, 1.82) is 0 Å². The Morgan fingerprint density at radius 3 is 1.78 bits per heavy atom. The molecule has 1 aliphatic rings. The zero-order valence-electron chi connectivity index (χ0n) is 31.6. The van der Waals surface area contributed by atoms with Crippen molar-refractivity contribution in [3.63, 3.8) is 0 Å². The van der Waals surface area contributed by atoms with Gasteiger partial charge < -0.3 is 4.42 Å². The topological polar surface area (TPSA) is 64.7 Å². The molecule has 3 aromatic heterocycles. The second kappa shape index (κ2) is 13.3. The van der Waals surface area contributed by atoms with Crippen LogP contribution >= 0.6 is 11.3 Å². The Morgan fingerprint density at radius 2 is 1.03 bits per heavy atom. The van der Waals surface area contributed by atoms with Crippen LogP contribution in [0.25, 0.3) is 87.8 Å². The van der Waals surface area contributed by atoms with E-state index in [9.17, 15) is 0 Å². The van der Waals surface area contributed by atoms with Crippen molar-refractivity contribution in [2.45, 2.75) is 5.41 Å². The minimum absolute atomic E-state index is 0.617. The van der Waals surface area contributed by atoms with Gasteiger partial charge in [0.05, 0.1) is 0 Å². The summed E-state index contributed by atoms with van der Waals surface area (Å²) in [5.74, 6) is 2.58. The standard InChI is InChI=1S/C53H32N4OS/c1-4-15-33(16-5-1)49-55-50(57-52(56-49)53(37-19-8-3-9-20-37)42-24-12-10-21-38(42)39-22-11-13-25-43(39)53)40-23-14-26-47-48(40)41-31-35(28-30-46(41)59-47)36-27-29-45-44(32-36)54-51(58-45)34-17-6-2-7-18-34/h1-32H. The summed E-state index contributed by atoms with van der Waals surface area (Å²) in [5.41, 5.74) is 11.6. The molecule has 11 aromatic rings. The number of rotatable bonds is 6. The van der Waals surface area contributed by atoms with Gasteiger partial charge in [-0.05, 0) is 81.4 Å². The molecule has 276 valence electrons. The van der Waals surface area contributed by atoms with Gasteiger partial charge in [0.15, 0.2) is 23.1 Å². The van der Waals surface area contributed by atoms with Gasteiger partial charge in [0.1, 0.15) is 10.9 Å². The molecule has 0 fully saturated rings. The molecule has 8 aromatic carbocycles. The number of nitrogens with zero attached hydrogens (tertiary/aromatic N) is 4. The Kier molecular flexibility index (Phi) is 7.55. The van der Waals surface area contributed by atoms with Gasteiger partial charge in [-0.15, -0.1) is 11.3 Å². The van der Waals surface area contributed by atoms with Gasteiger partial charge in [-0.1, -0.05) is 152 Å². The normalized spacial score (nSPS) is 12.9. The van der Waals surface area contributed by atoms with Crippen LogP contribution in [0.4, 0.5) is 0 Å². The van der Waals surface area contributed by atoms with E-state index in [4.69, 9.17) is 24.4 Å². The number of benzene rings is 8. The maximum atomic E-state index is 6.16. The molecule has 6 heteroatoms. The average Bonchev–Trinajstić information content (AvgIpc) is 4.00. The molecule has 3 heterocycles. The Balaban J connectivity index is 1.09. The number of hydrogen-bond acceptors (Lipinski definition) is 6. The van der Waals surface area contributed by atoms with E-state index in [2.05, 4.69) is 140 Å². The third kappa shape index (κ3) is 5.23. The van der Waals surface area contributed by atoms with Gasteiger partial charge in [-0.2, -0.15) is 0 Å². The summed E-state index contributed by atoms with van der Waals surface area (Å²) in [6, 6.07) is 67.9. The first kappa shape index (κ1) is 33.6. The van der Waals surface area contributed by atoms with E-state index in [1.807, 2.05) is 54.6 Å². The Labute approximate surface area is 344 Å². The van der Waals surface area contributed by atoms with Crippen molar-refractivity contribution in [2.24, 2.45) is 0 Å². The molecular weight excluding hydrogens is 741 g/mol. The van der Waals surface area contributed by atoms with Crippen molar-refractivity contribution in [3.05, 3.63) is 217 Å². The summed E-state index contributed by atoms with van der Waals surface area (Å²) < 4.78 is 8.53. The molecule has 0 amide bonds. The summed E-state index contributed by atoms with van der Waals surface area (Å²) in [6.45, 7) is 0. The smallest absolute Gasteiger partial charge is 0.227 e. The molecule has 12 rings (SSSR count). The van der Waals surface area contributed by atoms with Crippen LogP contribution in [0, 0.1) is 0 Å². The van der Waals surface area contributed by atoms with Gasteiger partial charge in [0, 0.05) is 36.9 Å². The predicted molar refractivity (Wildman–Crippen MR) is 239 cm³/mol. The molecule has 0 N–H and O–H groups in total. The predicted octanol–water partition coefficient (Wildman–Crippen LogP) is 13.4. The molecule has 0 aliphatic heterocycles. The maximum absolute atomic E-state index is 6.16. The van der Waals surface area contributed by atoms with E-state index in [0.29, 0.717) is 23.4 Å². The Bertz CT molecular complexity index is 3350. The van der Waals surface area contributed by atoms with Crippen LogP contribution in [0.15, 0.2) is 199 Å². The highest BCUT2D eigenvalue weighted by Crippen LogP contribution is 2.55. The monoisotopic (exact) mass is 772 g/mol. The second-order valence-electron chi connectivity index (χ2n) is 14.9. The number of aromatic nitrogens is 4. The third-order valence-electron chi connectivity index (χ3n) is 11.6. The van der Waals surface area contributed by atoms with Crippen molar-refractivity contribution < 1.29 is 4.42 Å². The van der Waals surface area contributed by atoms with Crippen LogP contribution in [0.1, 0.15) is 22.5 Å². The quantitative estimate of drug-likeness (QED) is 0.168. The van der Waals surface area contributed by atoms with E-state index in [1.54, 1.807) is 11.3 Å². The SMILES string of the molecule is c1ccc(-c2nc(-c3cccc4sc5ccc(-c6ccc7oc(-c8ccccc8)nc7c6)cc5c34)nc(C3(c4ccccc4)c4ccccc4-c4ccccc43)n2)cc1. The first-order valence-corrected chi connectivity index (χ1v) is 20.5. The number of hydrogen-bond donors (Lipinski definition) is 0. The largest absolute Gasteiger partial charge is 0.436 e. The molecule has 5 nitrogen and oxygen atoms in total. The van der Waals surface area contributed by atoms with Crippen LogP contribution in [-0.4, -0.2) is 19.9 Å². The molecule has 0 unspecified atom stereocenters. The molecule has 0 bridgehead atoms. The summed E-state index contributed by atoms with van der Waals surface area (Å²) in [7, 11) is 0. The zero-order chi connectivity index (χ0) is 38.9. The van der Waals surface area contributed by atoms with Gasteiger partial charge in [-0.25, -0.2) is 19.9 Å². The highest BCUT2D eigenvalue weighted by Gasteiger charge is 2.48. The van der Waals surface area contributed by atoms with Crippen molar-refractivity contribution in [3.8, 4) is 56.5 Å². The van der Waals surface area contributed by atoms with Crippen molar-refractivity contribution in [1.82, 2.24) is 19.9 Å². The van der Waals surface area contributed by atoms with Crippen LogP contribution in [-0.2, 0) is 5.41 Å². The summed E-state index contributed by atoms with van der Waals surface area (Å²) in [5, 5.41) is 2.28. The van der Waals surface area contributed by atoms with Gasteiger partial charge in [0.25, 0.3) is 0 Å². The highest BCUT2D eigenvalue weighted by atomic mass is 32.1. The number of oxazole rings is 1. The van der Waals surface area contributed by atoms with Crippen LogP contribution in [0.5, 0.6) is 0 Å². The maximum Gasteiger partial charge on any atom is 0.227 e. The van der Waals surface area contributed by atoms with E-state index in [1.165, 1.54) is 20.5 Å². The van der Waals surface area contributed by atoms with Crippen LogP contribution in [0.3, 0.4) is 0 Å². The molecule has 0 saturated carbocycles. The molecule has 0 spiro atoms. The second-order valence-corrected chi connectivity index (χ2v) is 16.0. The van der Waals surface area contributed by atoms with Gasteiger partial charge >= 0.3 is 0 Å². The first-order chi connectivity index (χ1) is 29.2. The van der Waals surface area contributed by atoms with Gasteiger partial charge in [0.2, 0.25) is 5.89 Å². The van der Waals surface area contributed by atoms with Crippen LogP contribution < -0.4 is 0 Å². The lowest BCUT2D eigenvalue weighted by Crippen LogP contribution is -2.31. The fourth-order valence-corrected chi connectivity index (χ4v) is 10.1. The average molecular weight is 773 g/mol. The molecule has 1 aliphatic carbocycles. The van der Waals surface area contributed by atoms with E-state index in [0.717, 1.165) is 66.4 Å². The van der Waals surface area contributed by atoms with Crippen molar-refractivity contribution >= 4 is 42.6 Å². The first-order valence-electron chi connectivity index (χ1n) is 19.7. The van der Waals surface area contributed by atoms with E-state index >= 15 is 0 Å². The summed E-state index contributed by atoms with van der Waals surface area (Å²) in [4.78, 5) is 21.2. The Morgan fingerprint density at radius 1 is 0.424 bits per heavy atom. The fourth-order valence-electron chi connectivity index (χ4n) is 8.99.